The molecule has 204 valence electrons. The third-order valence-electron chi connectivity index (χ3n) is 6.56. The number of carbonyl (C=O) groups is 2. The minimum Gasteiger partial charge on any atom is -0.467 e. The quantitative estimate of drug-likeness (QED) is 0.295. The lowest BCUT2D eigenvalue weighted by Gasteiger charge is -2.19. The zero-order valence-corrected chi connectivity index (χ0v) is 23.1. The molecule has 0 radical (unpaired) electrons. The number of hydrogen-bond donors (Lipinski definition) is 0. The van der Waals surface area contributed by atoms with Crippen LogP contribution in [0.3, 0.4) is 0 Å². The van der Waals surface area contributed by atoms with E-state index in [0.29, 0.717) is 40.6 Å². The van der Waals surface area contributed by atoms with Gasteiger partial charge in [-0.1, -0.05) is 35.3 Å². The molecule has 2 aliphatic heterocycles. The Labute approximate surface area is 234 Å². The number of sulfone groups is 1. The Morgan fingerprint density at radius 1 is 1.21 bits per heavy atom. The first-order valence-electron chi connectivity index (χ1n) is 12.1. The Morgan fingerprint density at radius 3 is 2.64 bits per heavy atom. The number of furan rings is 1. The van der Waals surface area contributed by atoms with Gasteiger partial charge in [-0.25, -0.2) is 22.9 Å². The van der Waals surface area contributed by atoms with E-state index in [2.05, 4.69) is 10.2 Å². The number of aromatic nitrogens is 2. The molecule has 3 aromatic rings. The zero-order valence-electron chi connectivity index (χ0n) is 20.8. The molecule has 1 saturated heterocycles. The van der Waals surface area contributed by atoms with E-state index in [1.807, 2.05) is 12.1 Å². The zero-order chi connectivity index (χ0) is 27.7. The number of benzene rings is 1. The summed E-state index contributed by atoms with van der Waals surface area (Å²) in [5.74, 6) is -0.669. The maximum atomic E-state index is 13.0. The van der Waals surface area contributed by atoms with E-state index < -0.39 is 34.4 Å². The fourth-order valence-corrected chi connectivity index (χ4v) is 6.78. The number of nitrogens with zero attached hydrogens (tertiary/aromatic N) is 4. The molecule has 0 aliphatic carbocycles. The summed E-state index contributed by atoms with van der Waals surface area (Å²) in [5.41, 5.74) is 2.49. The summed E-state index contributed by atoms with van der Waals surface area (Å²) < 4.78 is 35.9. The SMILES string of the molecule is Cc1nn([C@H]2CCS(=O)(=O)C2)c(Cl)c1/C=C/C(=O)OCC(=O)N1N=C(c2ccc(Cl)cc2)C[C@@H]1c1ccco1. The first-order chi connectivity index (χ1) is 18.6. The highest BCUT2D eigenvalue weighted by molar-refractivity contribution is 7.91. The van der Waals surface area contributed by atoms with E-state index in [4.69, 9.17) is 32.4 Å². The number of amides is 1. The molecule has 0 N–H and O–H groups in total. The summed E-state index contributed by atoms with van der Waals surface area (Å²) >= 11 is 12.4. The normalized spacial score (nSPS) is 20.5. The van der Waals surface area contributed by atoms with Crippen molar-refractivity contribution in [2.75, 3.05) is 18.1 Å². The van der Waals surface area contributed by atoms with E-state index in [-0.39, 0.29) is 22.7 Å². The van der Waals surface area contributed by atoms with Crippen molar-refractivity contribution in [2.24, 2.45) is 5.10 Å². The molecule has 1 fully saturated rings. The topological polar surface area (TPSA) is 124 Å². The number of hydrogen-bond acceptors (Lipinski definition) is 8. The van der Waals surface area contributed by atoms with Crippen molar-refractivity contribution >= 4 is 56.7 Å². The van der Waals surface area contributed by atoms with Crippen molar-refractivity contribution in [3.63, 3.8) is 0 Å². The van der Waals surface area contributed by atoms with E-state index >= 15 is 0 Å². The van der Waals surface area contributed by atoms with Gasteiger partial charge in [0.2, 0.25) is 0 Å². The molecule has 2 atom stereocenters. The third-order valence-corrected chi connectivity index (χ3v) is 8.94. The van der Waals surface area contributed by atoms with Gasteiger partial charge < -0.3 is 9.15 Å². The molecule has 1 aromatic carbocycles. The van der Waals surface area contributed by atoms with Gasteiger partial charge in [-0.05, 0) is 49.2 Å². The molecule has 0 spiro atoms. The molecule has 13 heteroatoms. The van der Waals surface area contributed by atoms with Crippen LogP contribution in [0, 0.1) is 6.92 Å². The Kier molecular flexibility index (Phi) is 7.66. The van der Waals surface area contributed by atoms with Gasteiger partial charge in [0.25, 0.3) is 5.91 Å². The second-order valence-corrected chi connectivity index (χ2v) is 12.3. The van der Waals surface area contributed by atoms with Crippen molar-refractivity contribution < 1.29 is 27.2 Å². The summed E-state index contributed by atoms with van der Waals surface area (Å²) in [5, 5.41) is 10.9. The number of esters is 1. The maximum absolute atomic E-state index is 13.0. The molecule has 0 bridgehead atoms. The van der Waals surface area contributed by atoms with Crippen LogP contribution >= 0.6 is 23.2 Å². The fourth-order valence-electron chi connectivity index (χ4n) is 4.59. The van der Waals surface area contributed by atoms with Crippen LogP contribution in [0.15, 0.2) is 58.3 Å². The van der Waals surface area contributed by atoms with Crippen LogP contribution in [0.1, 0.15) is 47.5 Å². The van der Waals surface area contributed by atoms with Gasteiger partial charge in [-0.15, -0.1) is 0 Å². The van der Waals surface area contributed by atoms with Crippen LogP contribution in [0.5, 0.6) is 0 Å². The highest BCUT2D eigenvalue weighted by Crippen LogP contribution is 2.34. The van der Waals surface area contributed by atoms with Crippen molar-refractivity contribution in [3.05, 3.63) is 81.5 Å². The molecule has 1 amide bonds. The first kappa shape index (κ1) is 27.2. The number of hydrazone groups is 1. The predicted molar refractivity (Wildman–Crippen MR) is 145 cm³/mol. The molecule has 2 aromatic heterocycles. The van der Waals surface area contributed by atoms with Gasteiger partial charge in [0.05, 0.1) is 35.2 Å². The summed E-state index contributed by atoms with van der Waals surface area (Å²) in [6.45, 7) is 1.17. The minimum atomic E-state index is -3.12. The Hall–Kier alpha value is -3.41. The molecule has 39 heavy (non-hydrogen) atoms. The van der Waals surface area contributed by atoms with Gasteiger partial charge in [0, 0.05) is 23.1 Å². The Balaban J connectivity index is 1.25. The minimum absolute atomic E-state index is 0.0289. The van der Waals surface area contributed by atoms with Crippen LogP contribution < -0.4 is 0 Å². The lowest BCUT2D eigenvalue weighted by atomic mass is 10.0. The summed E-state index contributed by atoms with van der Waals surface area (Å²) in [6.07, 6.45) is 4.95. The van der Waals surface area contributed by atoms with Gasteiger partial charge in [0.15, 0.2) is 16.4 Å². The van der Waals surface area contributed by atoms with E-state index in [0.717, 1.165) is 11.6 Å². The van der Waals surface area contributed by atoms with Gasteiger partial charge in [-0.3, -0.25) is 4.79 Å². The van der Waals surface area contributed by atoms with Crippen molar-refractivity contribution in [1.29, 1.82) is 0 Å². The molecule has 2 aliphatic rings. The average molecular weight is 591 g/mol. The molecular weight excluding hydrogens is 567 g/mol. The number of ether oxygens (including phenoxy) is 1. The molecule has 5 rings (SSSR count). The van der Waals surface area contributed by atoms with Crippen LogP contribution in [-0.4, -0.2) is 58.9 Å². The monoisotopic (exact) mass is 590 g/mol. The van der Waals surface area contributed by atoms with Crippen molar-refractivity contribution in [1.82, 2.24) is 14.8 Å². The Bertz CT molecular complexity index is 1560. The van der Waals surface area contributed by atoms with Crippen LogP contribution in [0.4, 0.5) is 0 Å². The molecular formula is C26H24Cl2N4O6S. The summed E-state index contributed by atoms with van der Waals surface area (Å²) in [4.78, 5) is 25.5. The highest BCUT2D eigenvalue weighted by atomic mass is 35.5. The maximum Gasteiger partial charge on any atom is 0.331 e. The standard InChI is InChI=1S/C26H24Cl2N4O6S/c1-16-20(26(28)31(29-16)19-10-12-39(35,36)15-19)8-9-25(34)38-14-24(33)32-22(23-3-2-11-37-23)13-21(30-32)17-4-6-18(27)7-5-17/h2-9,11,19,22H,10,12-15H2,1H3/b9-8+/t19-,22+/m0/s1. The smallest absolute Gasteiger partial charge is 0.331 e. The number of carbonyl (C=O) groups excluding carboxylic acids is 2. The van der Waals surface area contributed by atoms with Gasteiger partial charge in [-0.2, -0.15) is 10.2 Å². The number of aryl methyl sites for hydroxylation is 1. The van der Waals surface area contributed by atoms with E-state index in [1.165, 1.54) is 22.0 Å². The third kappa shape index (κ3) is 5.95. The Morgan fingerprint density at radius 2 is 1.97 bits per heavy atom. The largest absolute Gasteiger partial charge is 0.467 e. The number of halogens is 2. The van der Waals surface area contributed by atoms with Crippen molar-refractivity contribution in [2.45, 2.75) is 31.8 Å². The van der Waals surface area contributed by atoms with Gasteiger partial charge >= 0.3 is 5.97 Å². The second kappa shape index (κ2) is 11.0. The van der Waals surface area contributed by atoms with E-state index in [1.54, 1.807) is 31.2 Å². The van der Waals surface area contributed by atoms with Crippen LogP contribution in [0.2, 0.25) is 10.2 Å². The first-order valence-corrected chi connectivity index (χ1v) is 14.7. The average Bonchev–Trinajstić information content (AvgIpc) is 3.69. The number of rotatable bonds is 7. The second-order valence-electron chi connectivity index (χ2n) is 9.26. The lowest BCUT2D eigenvalue weighted by Crippen LogP contribution is -2.31. The van der Waals surface area contributed by atoms with Crippen LogP contribution in [-0.2, 0) is 24.2 Å². The molecule has 0 saturated carbocycles. The fraction of sp³-hybridized carbons (Fsp3) is 0.308. The summed E-state index contributed by atoms with van der Waals surface area (Å²) in [6, 6.07) is 9.77. The van der Waals surface area contributed by atoms with Gasteiger partial charge in [0.1, 0.15) is 17.0 Å². The summed E-state index contributed by atoms with van der Waals surface area (Å²) in [7, 11) is -3.12. The highest BCUT2D eigenvalue weighted by Gasteiger charge is 2.35. The lowest BCUT2D eigenvalue weighted by molar-refractivity contribution is -0.149. The molecule has 0 unspecified atom stereocenters. The predicted octanol–water partition coefficient (Wildman–Crippen LogP) is 4.39. The van der Waals surface area contributed by atoms with Crippen molar-refractivity contribution in [3.8, 4) is 0 Å². The van der Waals surface area contributed by atoms with Crippen LogP contribution in [0.25, 0.3) is 6.08 Å². The molecule has 10 nitrogen and oxygen atoms in total. The van der Waals surface area contributed by atoms with E-state index in [9.17, 15) is 18.0 Å². The molecule has 4 heterocycles.